The molecule has 1 N–H and O–H groups in total. The van der Waals surface area contributed by atoms with Crippen molar-refractivity contribution < 1.29 is 4.79 Å². The first kappa shape index (κ1) is 11.4. The van der Waals surface area contributed by atoms with Crippen LogP contribution in [0.5, 0.6) is 0 Å². The summed E-state index contributed by atoms with van der Waals surface area (Å²) in [5.41, 5.74) is 1.80. The molecule has 16 heavy (non-hydrogen) atoms. The number of H-pyrrole nitrogens is 1. The summed E-state index contributed by atoms with van der Waals surface area (Å²) in [5, 5.41) is 1.01. The van der Waals surface area contributed by atoms with Crippen LogP contribution in [0.2, 0.25) is 0 Å². The standard InChI is InChI=1S/C13H14BrNO/c1-8(2)5-13(16)11-7-15-12-6-9(14)3-4-10(11)12/h3-4,6-8,15H,5H2,1-2H3. The molecule has 0 unspecified atom stereocenters. The summed E-state index contributed by atoms with van der Waals surface area (Å²) >= 11 is 3.41. The van der Waals surface area contributed by atoms with Crippen LogP contribution in [0.15, 0.2) is 28.9 Å². The van der Waals surface area contributed by atoms with Gasteiger partial charge in [0.15, 0.2) is 5.78 Å². The number of hydrogen-bond acceptors (Lipinski definition) is 1. The van der Waals surface area contributed by atoms with E-state index in [0.29, 0.717) is 12.3 Å². The van der Waals surface area contributed by atoms with E-state index in [4.69, 9.17) is 0 Å². The Morgan fingerprint density at radius 1 is 1.44 bits per heavy atom. The summed E-state index contributed by atoms with van der Waals surface area (Å²) < 4.78 is 1.02. The number of nitrogens with one attached hydrogen (secondary N) is 1. The lowest BCUT2D eigenvalue weighted by molar-refractivity contribution is 0.0969. The van der Waals surface area contributed by atoms with Crippen LogP contribution in [0.3, 0.4) is 0 Å². The van der Waals surface area contributed by atoms with Crippen molar-refractivity contribution >= 4 is 32.6 Å². The minimum atomic E-state index is 0.212. The highest BCUT2D eigenvalue weighted by atomic mass is 79.9. The largest absolute Gasteiger partial charge is 0.360 e. The second-order valence-corrected chi connectivity index (χ2v) is 5.33. The normalized spacial score (nSPS) is 11.2. The smallest absolute Gasteiger partial charge is 0.165 e. The van der Waals surface area contributed by atoms with Crippen molar-refractivity contribution in [2.24, 2.45) is 5.92 Å². The van der Waals surface area contributed by atoms with Crippen LogP contribution in [0, 0.1) is 5.92 Å². The minimum absolute atomic E-state index is 0.212. The summed E-state index contributed by atoms with van der Waals surface area (Å²) in [6.07, 6.45) is 2.41. The highest BCUT2D eigenvalue weighted by molar-refractivity contribution is 9.10. The van der Waals surface area contributed by atoms with Crippen LogP contribution in [-0.2, 0) is 0 Å². The zero-order valence-electron chi connectivity index (χ0n) is 9.38. The van der Waals surface area contributed by atoms with Gasteiger partial charge in [0, 0.05) is 33.6 Å². The van der Waals surface area contributed by atoms with Crippen LogP contribution in [-0.4, -0.2) is 10.8 Å². The number of aromatic nitrogens is 1. The average Bonchev–Trinajstić information content (AvgIpc) is 2.59. The molecule has 84 valence electrons. The summed E-state index contributed by atoms with van der Waals surface area (Å²) in [5.74, 6) is 0.608. The second-order valence-electron chi connectivity index (χ2n) is 4.41. The lowest BCUT2D eigenvalue weighted by atomic mass is 10.0. The number of benzene rings is 1. The molecule has 0 aliphatic rings. The molecule has 0 amide bonds. The lowest BCUT2D eigenvalue weighted by Gasteiger charge is -2.02. The van der Waals surface area contributed by atoms with Gasteiger partial charge in [0.25, 0.3) is 0 Å². The zero-order chi connectivity index (χ0) is 11.7. The number of halogens is 1. The summed E-state index contributed by atoms with van der Waals surface area (Å²) in [4.78, 5) is 15.1. The summed E-state index contributed by atoms with van der Waals surface area (Å²) in [7, 11) is 0. The Morgan fingerprint density at radius 3 is 2.88 bits per heavy atom. The van der Waals surface area contributed by atoms with Crippen molar-refractivity contribution in [3.8, 4) is 0 Å². The van der Waals surface area contributed by atoms with E-state index in [1.165, 1.54) is 0 Å². The van der Waals surface area contributed by atoms with Gasteiger partial charge in [-0.15, -0.1) is 0 Å². The Kier molecular flexibility index (Phi) is 3.15. The number of fused-ring (bicyclic) bond motifs is 1. The van der Waals surface area contributed by atoms with Gasteiger partial charge in [-0.25, -0.2) is 0 Å². The Balaban J connectivity index is 2.42. The predicted molar refractivity (Wildman–Crippen MR) is 69.8 cm³/mol. The molecule has 0 bridgehead atoms. The fourth-order valence-corrected chi connectivity index (χ4v) is 2.17. The van der Waals surface area contributed by atoms with Crippen molar-refractivity contribution in [2.45, 2.75) is 20.3 Å². The van der Waals surface area contributed by atoms with E-state index in [9.17, 15) is 4.79 Å². The molecule has 2 aromatic rings. The van der Waals surface area contributed by atoms with Crippen LogP contribution >= 0.6 is 15.9 Å². The maximum atomic E-state index is 12.0. The van der Waals surface area contributed by atoms with Gasteiger partial charge < -0.3 is 4.98 Å². The Morgan fingerprint density at radius 2 is 2.19 bits per heavy atom. The Bertz CT molecular complexity index is 528. The third kappa shape index (κ3) is 2.19. The van der Waals surface area contributed by atoms with Gasteiger partial charge >= 0.3 is 0 Å². The molecule has 1 heterocycles. The first-order chi connectivity index (χ1) is 7.58. The van der Waals surface area contributed by atoms with E-state index in [2.05, 4.69) is 34.8 Å². The van der Waals surface area contributed by atoms with E-state index >= 15 is 0 Å². The third-order valence-electron chi connectivity index (χ3n) is 2.54. The maximum absolute atomic E-state index is 12.0. The number of Topliss-reactive ketones (excluding diaryl/α,β-unsaturated/α-hetero) is 1. The maximum Gasteiger partial charge on any atom is 0.165 e. The molecule has 0 saturated carbocycles. The molecule has 0 fully saturated rings. The Hall–Kier alpha value is -1.09. The summed E-state index contributed by atoms with van der Waals surface area (Å²) in [6.45, 7) is 4.12. The van der Waals surface area contributed by atoms with E-state index in [1.807, 2.05) is 24.4 Å². The molecule has 0 spiro atoms. The molecule has 0 aliphatic carbocycles. The van der Waals surface area contributed by atoms with Crippen molar-refractivity contribution in [2.75, 3.05) is 0 Å². The first-order valence-electron chi connectivity index (χ1n) is 5.37. The van der Waals surface area contributed by atoms with Crippen LogP contribution in [0.4, 0.5) is 0 Å². The summed E-state index contributed by atoms with van der Waals surface area (Å²) in [6, 6.07) is 5.92. The molecule has 3 heteroatoms. The van der Waals surface area contributed by atoms with Crippen molar-refractivity contribution in [3.63, 3.8) is 0 Å². The monoisotopic (exact) mass is 279 g/mol. The van der Waals surface area contributed by atoms with Crippen molar-refractivity contribution in [3.05, 3.63) is 34.4 Å². The molecule has 2 rings (SSSR count). The van der Waals surface area contributed by atoms with Gasteiger partial charge in [0.05, 0.1) is 0 Å². The quantitative estimate of drug-likeness (QED) is 0.841. The van der Waals surface area contributed by atoms with Crippen LogP contribution < -0.4 is 0 Å². The highest BCUT2D eigenvalue weighted by Gasteiger charge is 2.13. The third-order valence-corrected chi connectivity index (χ3v) is 3.03. The molecule has 1 aromatic carbocycles. The highest BCUT2D eigenvalue weighted by Crippen LogP contribution is 2.24. The molecular formula is C13H14BrNO. The molecule has 0 radical (unpaired) electrons. The first-order valence-corrected chi connectivity index (χ1v) is 6.17. The molecule has 2 nitrogen and oxygen atoms in total. The van der Waals surface area contributed by atoms with E-state index in [0.717, 1.165) is 20.9 Å². The van der Waals surface area contributed by atoms with Crippen molar-refractivity contribution in [1.82, 2.24) is 4.98 Å². The van der Waals surface area contributed by atoms with Crippen molar-refractivity contribution in [1.29, 1.82) is 0 Å². The fourth-order valence-electron chi connectivity index (χ4n) is 1.81. The minimum Gasteiger partial charge on any atom is -0.360 e. The SMILES string of the molecule is CC(C)CC(=O)c1c[nH]c2cc(Br)ccc12. The average molecular weight is 280 g/mol. The molecule has 0 aliphatic heterocycles. The predicted octanol–water partition coefficient (Wildman–Crippen LogP) is 4.16. The molecule has 0 saturated heterocycles. The number of hydrogen-bond donors (Lipinski definition) is 1. The Labute approximate surface area is 103 Å². The topological polar surface area (TPSA) is 32.9 Å². The van der Waals surface area contributed by atoms with Crippen LogP contribution in [0.25, 0.3) is 10.9 Å². The number of carbonyl (C=O) groups is 1. The fraction of sp³-hybridized carbons (Fsp3) is 0.308. The van der Waals surface area contributed by atoms with Gasteiger partial charge in [-0.3, -0.25) is 4.79 Å². The number of rotatable bonds is 3. The van der Waals surface area contributed by atoms with Gasteiger partial charge in [-0.05, 0) is 18.1 Å². The molecular weight excluding hydrogens is 266 g/mol. The van der Waals surface area contributed by atoms with E-state index < -0.39 is 0 Å². The van der Waals surface area contributed by atoms with Gasteiger partial charge in [-0.2, -0.15) is 0 Å². The number of aromatic amines is 1. The van der Waals surface area contributed by atoms with E-state index in [1.54, 1.807) is 0 Å². The van der Waals surface area contributed by atoms with Crippen LogP contribution in [0.1, 0.15) is 30.6 Å². The van der Waals surface area contributed by atoms with Gasteiger partial charge in [0.2, 0.25) is 0 Å². The molecule has 1 aromatic heterocycles. The van der Waals surface area contributed by atoms with Gasteiger partial charge in [-0.1, -0.05) is 35.8 Å². The van der Waals surface area contributed by atoms with Gasteiger partial charge in [0.1, 0.15) is 0 Å². The number of ketones is 1. The second kappa shape index (κ2) is 4.42. The molecule has 0 atom stereocenters. The lowest BCUT2D eigenvalue weighted by Crippen LogP contribution is -2.02. The zero-order valence-corrected chi connectivity index (χ0v) is 11.0. The number of carbonyl (C=O) groups excluding carboxylic acids is 1. The van der Waals surface area contributed by atoms with E-state index in [-0.39, 0.29) is 5.78 Å².